The summed E-state index contributed by atoms with van der Waals surface area (Å²) in [6, 6.07) is 34.7. The van der Waals surface area contributed by atoms with E-state index in [4.69, 9.17) is 0 Å². The lowest BCUT2D eigenvalue weighted by molar-refractivity contribution is -0.928. The van der Waals surface area contributed by atoms with Crippen molar-refractivity contribution in [1.82, 2.24) is 0 Å². The minimum Gasteiger partial charge on any atom is -1.00 e. The minimum absolute atomic E-state index is 0. The summed E-state index contributed by atoms with van der Waals surface area (Å²) in [5.74, 6) is 0.792. The quantitative estimate of drug-likeness (QED) is 0.212. The number of rotatable bonds is 7. The molecule has 0 atom stereocenters. The van der Waals surface area contributed by atoms with Crippen LogP contribution in [0.15, 0.2) is 103 Å². The maximum absolute atomic E-state index is 13.2. The van der Waals surface area contributed by atoms with Crippen molar-refractivity contribution >= 4 is 17.7 Å². The number of carbonyl (C=O) groups excluding carboxylic acids is 1. The lowest BCUT2D eigenvalue weighted by atomic mass is 9.89. The average molecular weight is 669 g/mol. The van der Waals surface area contributed by atoms with Gasteiger partial charge >= 0.3 is 0 Å². The molecule has 4 aromatic carbocycles. The molecule has 1 fully saturated rings. The molecule has 1 heterocycles. The summed E-state index contributed by atoms with van der Waals surface area (Å²) in [6.07, 6.45) is 7.50. The zero-order chi connectivity index (χ0) is 28.2. The van der Waals surface area contributed by atoms with Crippen LogP contribution in [0, 0.1) is 12.8 Å². The van der Waals surface area contributed by atoms with E-state index in [0.717, 1.165) is 46.6 Å². The van der Waals surface area contributed by atoms with Crippen molar-refractivity contribution in [2.24, 2.45) is 5.92 Å². The molecule has 1 N–H and O–H groups in total. The Morgan fingerprint density at radius 2 is 1.50 bits per heavy atom. The fourth-order valence-corrected chi connectivity index (χ4v) is 6.49. The number of likely N-dealkylation sites (tertiary alicyclic amines) is 1. The summed E-state index contributed by atoms with van der Waals surface area (Å²) in [4.78, 5) is 13.2. The van der Waals surface area contributed by atoms with Crippen LogP contribution in [0.25, 0.3) is 17.2 Å². The highest BCUT2D eigenvalue weighted by atomic mass is 127. The number of nitrogens with one attached hydrogen (secondary N) is 1. The molecule has 0 unspecified atom stereocenters. The number of amides is 1. The van der Waals surface area contributed by atoms with Gasteiger partial charge in [-0.25, -0.2) is 0 Å². The molecule has 3 nitrogen and oxygen atoms in total. The van der Waals surface area contributed by atoms with Crippen molar-refractivity contribution in [2.45, 2.75) is 45.6 Å². The maximum Gasteiger partial charge on any atom is 0.251 e. The number of anilines is 1. The van der Waals surface area contributed by atoms with E-state index < -0.39 is 0 Å². The van der Waals surface area contributed by atoms with Crippen molar-refractivity contribution in [1.29, 1.82) is 0 Å². The van der Waals surface area contributed by atoms with E-state index in [2.05, 4.69) is 122 Å². The Morgan fingerprint density at radius 1 is 0.810 bits per heavy atom. The zero-order valence-electron chi connectivity index (χ0n) is 24.8. The summed E-state index contributed by atoms with van der Waals surface area (Å²) >= 11 is 0. The highest BCUT2D eigenvalue weighted by Gasteiger charge is 2.30. The number of fused-ring (bicyclic) bond motifs is 1. The number of quaternary nitrogens is 1. The standard InChI is InChI=1S/C38H40N2O.HI/c1-28-8-12-32(13-9-28)34-16-14-33-15-17-35(26-36(33)25-34)38(41)39-37-18-10-31(11-19-37)27-40(2)22-20-30(21-23-40)24-29-6-4-3-5-7-29;/h3-14,16,18-19,25-26,30H,15,17,20-24,27H2,1-2H3;1H. The van der Waals surface area contributed by atoms with Crippen LogP contribution in [0.4, 0.5) is 5.69 Å². The zero-order valence-corrected chi connectivity index (χ0v) is 26.9. The smallest absolute Gasteiger partial charge is 0.251 e. The molecule has 4 heteroatoms. The highest BCUT2D eigenvalue weighted by Crippen LogP contribution is 2.31. The number of hydrogen-bond acceptors (Lipinski definition) is 1. The summed E-state index contributed by atoms with van der Waals surface area (Å²) in [5.41, 5.74) is 10.6. The summed E-state index contributed by atoms with van der Waals surface area (Å²) < 4.78 is 1.09. The van der Waals surface area contributed by atoms with Crippen LogP contribution >= 0.6 is 0 Å². The molecular weight excluding hydrogens is 627 g/mol. The second-order valence-electron chi connectivity index (χ2n) is 12.5. The number of halogens is 1. The monoisotopic (exact) mass is 668 g/mol. The van der Waals surface area contributed by atoms with Crippen LogP contribution in [0.5, 0.6) is 0 Å². The van der Waals surface area contributed by atoms with Gasteiger partial charge in [-0.3, -0.25) is 4.79 Å². The summed E-state index contributed by atoms with van der Waals surface area (Å²) in [6.45, 7) is 5.59. The number of benzene rings is 4. The first kappa shape index (κ1) is 30.2. The molecule has 4 aromatic rings. The fraction of sp³-hybridized carbons (Fsp3) is 0.289. The first-order chi connectivity index (χ1) is 19.9. The Morgan fingerprint density at radius 3 is 2.21 bits per heavy atom. The van der Waals surface area contributed by atoms with E-state index in [-0.39, 0.29) is 29.9 Å². The fourth-order valence-electron chi connectivity index (χ4n) is 6.49. The molecule has 216 valence electrons. The van der Waals surface area contributed by atoms with Crippen LogP contribution in [0.1, 0.15) is 47.1 Å². The Labute approximate surface area is 268 Å². The second-order valence-corrected chi connectivity index (χ2v) is 12.5. The largest absolute Gasteiger partial charge is 1.00 e. The molecule has 0 radical (unpaired) electrons. The Kier molecular flexibility index (Phi) is 9.64. The third-order valence-electron chi connectivity index (χ3n) is 9.11. The van der Waals surface area contributed by atoms with Gasteiger partial charge in [-0.1, -0.05) is 84.4 Å². The van der Waals surface area contributed by atoms with Gasteiger partial charge in [-0.2, -0.15) is 0 Å². The number of piperidine rings is 1. The van der Waals surface area contributed by atoms with Crippen LogP contribution in [0.2, 0.25) is 0 Å². The van der Waals surface area contributed by atoms with E-state index in [1.807, 2.05) is 0 Å². The van der Waals surface area contributed by atoms with Gasteiger partial charge < -0.3 is 33.8 Å². The molecule has 1 aliphatic heterocycles. The SMILES string of the molecule is Cc1ccc(-c2ccc3c(c2)C=C(C(=O)Nc2ccc(C[N+]4(C)CCC(Cc5ccccc5)CC4)cc2)CC3)cc1.[I-]. The normalized spacial score (nSPS) is 19.7. The van der Waals surface area contributed by atoms with Gasteiger partial charge in [0, 0.05) is 16.8 Å². The summed E-state index contributed by atoms with van der Waals surface area (Å²) in [7, 11) is 2.39. The predicted molar refractivity (Wildman–Crippen MR) is 170 cm³/mol. The molecule has 1 amide bonds. The van der Waals surface area contributed by atoms with Gasteiger partial charge in [0.1, 0.15) is 6.54 Å². The first-order valence-electron chi connectivity index (χ1n) is 15.1. The van der Waals surface area contributed by atoms with E-state index in [1.165, 1.54) is 65.7 Å². The van der Waals surface area contributed by atoms with Crippen molar-refractivity contribution in [3.63, 3.8) is 0 Å². The lowest BCUT2D eigenvalue weighted by Crippen LogP contribution is -3.00. The van der Waals surface area contributed by atoms with Gasteiger partial charge in [-0.15, -0.1) is 0 Å². The van der Waals surface area contributed by atoms with Gasteiger partial charge in [0.25, 0.3) is 5.91 Å². The molecule has 2 aliphatic rings. The van der Waals surface area contributed by atoms with E-state index in [1.54, 1.807) is 0 Å². The van der Waals surface area contributed by atoms with Crippen LogP contribution in [-0.4, -0.2) is 30.5 Å². The molecular formula is C38H41IN2O. The second kappa shape index (κ2) is 13.4. The Bertz CT molecular complexity index is 1530. The lowest BCUT2D eigenvalue weighted by Gasteiger charge is -2.41. The molecule has 1 saturated heterocycles. The Hall–Kier alpha value is -3.22. The highest BCUT2D eigenvalue weighted by molar-refractivity contribution is 6.07. The third-order valence-corrected chi connectivity index (χ3v) is 9.11. The molecule has 0 spiro atoms. The van der Waals surface area contributed by atoms with Crippen LogP contribution in [0.3, 0.4) is 0 Å². The minimum atomic E-state index is 0. The molecule has 42 heavy (non-hydrogen) atoms. The topological polar surface area (TPSA) is 29.1 Å². The number of carbonyl (C=O) groups is 1. The van der Waals surface area contributed by atoms with Crippen molar-refractivity contribution < 1.29 is 33.3 Å². The third kappa shape index (κ3) is 7.40. The molecule has 1 aliphatic carbocycles. The van der Waals surface area contributed by atoms with Crippen LogP contribution < -0.4 is 29.3 Å². The number of nitrogens with zero attached hydrogens (tertiary/aromatic N) is 1. The van der Waals surface area contributed by atoms with Crippen molar-refractivity contribution in [3.05, 3.63) is 130 Å². The number of aryl methyl sites for hydroxylation is 2. The van der Waals surface area contributed by atoms with E-state index >= 15 is 0 Å². The predicted octanol–water partition coefficient (Wildman–Crippen LogP) is 5.23. The molecule has 0 aromatic heterocycles. The maximum atomic E-state index is 13.2. The van der Waals surface area contributed by atoms with Crippen LogP contribution in [-0.2, 0) is 24.2 Å². The average Bonchev–Trinajstić information content (AvgIpc) is 3.00. The molecule has 0 bridgehead atoms. The van der Waals surface area contributed by atoms with Gasteiger partial charge in [0.05, 0.1) is 20.1 Å². The first-order valence-corrected chi connectivity index (χ1v) is 15.1. The number of hydrogen-bond donors (Lipinski definition) is 1. The van der Waals surface area contributed by atoms with Crippen molar-refractivity contribution in [3.8, 4) is 11.1 Å². The van der Waals surface area contributed by atoms with E-state index in [0.29, 0.717) is 0 Å². The van der Waals surface area contributed by atoms with E-state index in [9.17, 15) is 4.79 Å². The Balaban J connectivity index is 0.00000353. The van der Waals surface area contributed by atoms with Gasteiger partial charge in [0.15, 0.2) is 0 Å². The molecule has 6 rings (SSSR count). The van der Waals surface area contributed by atoms with Gasteiger partial charge in [0.2, 0.25) is 0 Å². The molecule has 0 saturated carbocycles. The van der Waals surface area contributed by atoms with Crippen molar-refractivity contribution in [2.75, 3.05) is 25.5 Å². The summed E-state index contributed by atoms with van der Waals surface area (Å²) in [5, 5.41) is 3.15. The van der Waals surface area contributed by atoms with Gasteiger partial charge in [-0.05, 0) is 97.0 Å².